The predicted molar refractivity (Wildman–Crippen MR) is 122 cm³/mol. The molecule has 150 valence electrons. The number of rotatable bonds is 8. The van der Waals surface area contributed by atoms with Gasteiger partial charge in [-0.25, -0.2) is 0 Å². The molecule has 8 heteroatoms. The molecule has 1 heterocycles. The number of hydrogen-bond acceptors (Lipinski definition) is 5. The van der Waals surface area contributed by atoms with Crippen molar-refractivity contribution in [3.05, 3.63) is 39.6 Å². The second kappa shape index (κ2) is 11.9. The Labute approximate surface area is 182 Å². The lowest BCUT2D eigenvalue weighted by molar-refractivity contribution is 0.368. The minimum atomic E-state index is 0. The number of hydrogen-bond donors (Lipinski definition) is 2. The highest BCUT2D eigenvalue weighted by atomic mass is 127. The molecule has 0 atom stereocenters. The fourth-order valence-corrected chi connectivity index (χ4v) is 3.43. The molecule has 27 heavy (non-hydrogen) atoms. The average Bonchev–Trinajstić information content (AvgIpc) is 3.09. The Hall–Kier alpha value is -1.68. The molecular weight excluding hydrogens is 477 g/mol. The van der Waals surface area contributed by atoms with Gasteiger partial charge in [0.25, 0.3) is 0 Å². The number of halogens is 1. The molecule has 0 bridgehead atoms. The van der Waals surface area contributed by atoms with Crippen molar-refractivity contribution in [1.82, 2.24) is 10.6 Å². The van der Waals surface area contributed by atoms with Gasteiger partial charge in [-0.15, -0.1) is 35.3 Å². The van der Waals surface area contributed by atoms with Crippen LogP contribution in [0.4, 0.5) is 0 Å². The minimum Gasteiger partial charge on any atom is -0.496 e. The van der Waals surface area contributed by atoms with Crippen LogP contribution in [0.3, 0.4) is 0 Å². The van der Waals surface area contributed by atoms with Crippen LogP contribution in [0.15, 0.2) is 29.3 Å². The monoisotopic (exact) mass is 505 g/mol. The zero-order chi connectivity index (χ0) is 18.9. The predicted octanol–water partition coefficient (Wildman–Crippen LogP) is 3.61. The molecule has 0 amide bonds. The first-order chi connectivity index (χ1) is 12.6. The first-order valence-electron chi connectivity index (χ1n) is 8.40. The molecule has 2 rings (SSSR count). The molecule has 0 fully saturated rings. The van der Waals surface area contributed by atoms with Crippen molar-refractivity contribution in [1.29, 1.82) is 0 Å². The zero-order valence-corrected chi connectivity index (χ0v) is 19.6. The number of aryl methyl sites for hydroxylation is 1. The number of ether oxygens (including phenoxy) is 3. The molecule has 1 aromatic carbocycles. The Bertz CT molecular complexity index is 725. The molecule has 0 unspecified atom stereocenters. The summed E-state index contributed by atoms with van der Waals surface area (Å²) in [5, 5.41) is 6.65. The average molecular weight is 505 g/mol. The van der Waals surface area contributed by atoms with E-state index >= 15 is 0 Å². The van der Waals surface area contributed by atoms with Crippen LogP contribution >= 0.6 is 35.3 Å². The van der Waals surface area contributed by atoms with Crippen LogP contribution in [0.5, 0.6) is 17.2 Å². The highest BCUT2D eigenvalue weighted by Gasteiger charge is 2.13. The van der Waals surface area contributed by atoms with Gasteiger partial charge in [-0.3, -0.25) is 4.99 Å². The largest absolute Gasteiger partial charge is 0.496 e. The van der Waals surface area contributed by atoms with Gasteiger partial charge >= 0.3 is 0 Å². The molecule has 1 aromatic heterocycles. The number of aliphatic imine (C=N–C) groups is 1. The van der Waals surface area contributed by atoms with E-state index < -0.39 is 0 Å². The molecule has 0 saturated carbocycles. The number of methoxy groups -OCH3 is 3. The van der Waals surface area contributed by atoms with Gasteiger partial charge in [0, 0.05) is 41.0 Å². The Kier molecular flexibility index (Phi) is 10.3. The lowest BCUT2D eigenvalue weighted by Gasteiger charge is -2.16. The molecule has 0 aliphatic carbocycles. The van der Waals surface area contributed by atoms with Crippen molar-refractivity contribution in [3.8, 4) is 17.2 Å². The van der Waals surface area contributed by atoms with Gasteiger partial charge in [0.1, 0.15) is 17.2 Å². The van der Waals surface area contributed by atoms with Gasteiger partial charge in [0.2, 0.25) is 0 Å². The Morgan fingerprint density at radius 3 is 2.19 bits per heavy atom. The molecule has 0 saturated heterocycles. The molecule has 2 aromatic rings. The molecule has 0 aliphatic heterocycles. The molecule has 0 spiro atoms. The molecule has 6 nitrogen and oxygen atoms in total. The third-order valence-electron chi connectivity index (χ3n) is 3.93. The molecular formula is C19H28IN3O3S. The quantitative estimate of drug-likeness (QED) is 0.326. The summed E-state index contributed by atoms with van der Waals surface area (Å²) in [6, 6.07) is 7.99. The van der Waals surface area contributed by atoms with E-state index in [-0.39, 0.29) is 24.0 Å². The molecule has 2 N–H and O–H groups in total. The van der Waals surface area contributed by atoms with E-state index in [4.69, 9.17) is 14.2 Å². The lowest BCUT2D eigenvalue weighted by Crippen LogP contribution is -2.37. The van der Waals surface area contributed by atoms with E-state index in [1.165, 1.54) is 9.75 Å². The third kappa shape index (κ3) is 6.76. The normalized spacial score (nSPS) is 10.8. The summed E-state index contributed by atoms with van der Waals surface area (Å²) in [7, 11) is 6.69. The van der Waals surface area contributed by atoms with Gasteiger partial charge in [-0.05, 0) is 25.5 Å². The maximum Gasteiger partial charge on any atom is 0.191 e. The van der Waals surface area contributed by atoms with Gasteiger partial charge in [-0.2, -0.15) is 0 Å². The first-order valence-corrected chi connectivity index (χ1v) is 9.21. The maximum absolute atomic E-state index is 5.49. The standard InChI is InChI=1S/C19H27N3O3S.HI/c1-13-6-7-15(26-13)12-22-19(20-2)21-9-8-16-17(24-4)10-14(23-3)11-18(16)25-5;/h6-7,10-11H,8-9,12H2,1-5H3,(H2,20,21,22);1H. The maximum atomic E-state index is 5.49. The Morgan fingerprint density at radius 2 is 1.70 bits per heavy atom. The molecule has 0 radical (unpaired) electrons. The SMILES string of the molecule is CN=C(NCCc1c(OC)cc(OC)cc1OC)NCc1ccc(C)s1.I. The van der Waals surface area contributed by atoms with Crippen molar-refractivity contribution in [3.63, 3.8) is 0 Å². The van der Waals surface area contributed by atoms with Crippen LogP contribution in [0, 0.1) is 6.92 Å². The molecule has 0 aliphatic rings. The van der Waals surface area contributed by atoms with Crippen molar-refractivity contribution >= 4 is 41.3 Å². The number of thiophene rings is 1. The smallest absolute Gasteiger partial charge is 0.191 e. The van der Waals surface area contributed by atoms with Crippen LogP contribution in [0.25, 0.3) is 0 Å². The summed E-state index contributed by atoms with van der Waals surface area (Å²) in [6.45, 7) is 3.56. The van der Waals surface area contributed by atoms with Gasteiger partial charge in [0.05, 0.1) is 27.9 Å². The van der Waals surface area contributed by atoms with Crippen molar-refractivity contribution in [2.45, 2.75) is 19.9 Å². The van der Waals surface area contributed by atoms with E-state index in [1.54, 1.807) is 39.7 Å². The number of nitrogens with zero attached hydrogens (tertiary/aromatic N) is 1. The topological polar surface area (TPSA) is 64.1 Å². The number of nitrogens with one attached hydrogen (secondary N) is 2. The van der Waals surface area contributed by atoms with Crippen molar-refractivity contribution in [2.75, 3.05) is 34.9 Å². The lowest BCUT2D eigenvalue weighted by atomic mass is 10.1. The van der Waals surface area contributed by atoms with Crippen LogP contribution < -0.4 is 24.8 Å². The van der Waals surface area contributed by atoms with E-state index in [9.17, 15) is 0 Å². The number of guanidine groups is 1. The Balaban J connectivity index is 0.00000364. The van der Waals surface area contributed by atoms with Gasteiger partial charge in [0.15, 0.2) is 5.96 Å². The third-order valence-corrected chi connectivity index (χ3v) is 4.93. The van der Waals surface area contributed by atoms with Crippen LogP contribution in [-0.4, -0.2) is 40.9 Å². The fourth-order valence-electron chi connectivity index (χ4n) is 2.60. The summed E-state index contributed by atoms with van der Waals surface area (Å²) in [4.78, 5) is 6.86. The summed E-state index contributed by atoms with van der Waals surface area (Å²) in [5.41, 5.74) is 0.993. The Morgan fingerprint density at radius 1 is 1.04 bits per heavy atom. The fraction of sp³-hybridized carbons (Fsp3) is 0.421. The summed E-state index contributed by atoms with van der Waals surface area (Å²) < 4.78 is 16.3. The summed E-state index contributed by atoms with van der Waals surface area (Å²) in [5.74, 6) is 2.97. The summed E-state index contributed by atoms with van der Waals surface area (Å²) >= 11 is 1.78. The first kappa shape index (κ1) is 23.4. The number of benzene rings is 1. The minimum absolute atomic E-state index is 0. The highest BCUT2D eigenvalue weighted by Crippen LogP contribution is 2.34. The summed E-state index contributed by atoms with van der Waals surface area (Å²) in [6.07, 6.45) is 0.731. The van der Waals surface area contributed by atoms with E-state index in [0.717, 1.165) is 36.0 Å². The van der Waals surface area contributed by atoms with Crippen LogP contribution in [0.2, 0.25) is 0 Å². The van der Waals surface area contributed by atoms with E-state index in [2.05, 4.69) is 34.7 Å². The van der Waals surface area contributed by atoms with Crippen LogP contribution in [-0.2, 0) is 13.0 Å². The van der Waals surface area contributed by atoms with Crippen molar-refractivity contribution < 1.29 is 14.2 Å². The van der Waals surface area contributed by atoms with Gasteiger partial charge in [-0.1, -0.05) is 0 Å². The second-order valence-electron chi connectivity index (χ2n) is 5.63. The van der Waals surface area contributed by atoms with E-state index in [1.807, 2.05) is 12.1 Å². The van der Waals surface area contributed by atoms with E-state index in [0.29, 0.717) is 12.3 Å². The van der Waals surface area contributed by atoms with Gasteiger partial charge < -0.3 is 24.8 Å². The zero-order valence-electron chi connectivity index (χ0n) is 16.4. The second-order valence-corrected chi connectivity index (χ2v) is 7.00. The highest BCUT2D eigenvalue weighted by molar-refractivity contribution is 14.0. The van der Waals surface area contributed by atoms with Crippen LogP contribution in [0.1, 0.15) is 15.3 Å². The van der Waals surface area contributed by atoms with Crippen molar-refractivity contribution in [2.24, 2.45) is 4.99 Å².